The summed E-state index contributed by atoms with van der Waals surface area (Å²) in [5.74, 6) is 0.783. The van der Waals surface area contributed by atoms with Gasteiger partial charge in [-0.25, -0.2) is 4.68 Å². The van der Waals surface area contributed by atoms with Crippen LogP contribution in [0.25, 0.3) is 0 Å². The molecule has 0 amide bonds. The zero-order chi connectivity index (χ0) is 11.4. The van der Waals surface area contributed by atoms with E-state index >= 15 is 0 Å². The van der Waals surface area contributed by atoms with Crippen LogP contribution in [0.3, 0.4) is 0 Å². The van der Waals surface area contributed by atoms with E-state index in [9.17, 15) is 4.79 Å². The third-order valence-electron chi connectivity index (χ3n) is 2.12. The molecule has 1 heterocycles. The number of halogens is 1. The monoisotopic (exact) mass is 229 g/mol. The highest BCUT2D eigenvalue weighted by molar-refractivity contribution is 6.18. The average molecular weight is 230 g/mol. The van der Waals surface area contributed by atoms with Gasteiger partial charge in [-0.1, -0.05) is 6.92 Å². The molecule has 15 heavy (non-hydrogen) atoms. The molecule has 5 heteroatoms. The summed E-state index contributed by atoms with van der Waals surface area (Å²) >= 11 is 5.68. The van der Waals surface area contributed by atoms with E-state index < -0.39 is 0 Å². The van der Waals surface area contributed by atoms with Gasteiger partial charge in [-0.15, -0.1) is 11.6 Å². The van der Waals surface area contributed by atoms with Crippen LogP contribution in [-0.4, -0.2) is 29.8 Å². The van der Waals surface area contributed by atoms with Crippen LogP contribution in [-0.2, 0) is 6.54 Å². The van der Waals surface area contributed by atoms with Gasteiger partial charge in [-0.2, -0.15) is 5.10 Å². The number of aromatic nitrogens is 2. The standard InChI is InChI=1S/C10H16ClN3O/c1-8(5-11)7-14-10(15)4-9(6-12-14)13(2)3/h4,6,8H,5,7H2,1-3H3. The minimum atomic E-state index is -0.0850. The Labute approximate surface area is 94.5 Å². The summed E-state index contributed by atoms with van der Waals surface area (Å²) in [4.78, 5) is 13.5. The van der Waals surface area contributed by atoms with Gasteiger partial charge in [0.1, 0.15) is 0 Å². The largest absolute Gasteiger partial charge is 0.376 e. The van der Waals surface area contributed by atoms with Crippen molar-refractivity contribution in [2.45, 2.75) is 13.5 Å². The Morgan fingerprint density at radius 3 is 2.73 bits per heavy atom. The number of hydrogen-bond donors (Lipinski definition) is 0. The normalized spacial score (nSPS) is 12.5. The van der Waals surface area contributed by atoms with Gasteiger partial charge < -0.3 is 4.90 Å². The minimum Gasteiger partial charge on any atom is -0.376 e. The van der Waals surface area contributed by atoms with Crippen molar-refractivity contribution in [2.24, 2.45) is 5.92 Å². The van der Waals surface area contributed by atoms with Gasteiger partial charge in [0.25, 0.3) is 5.56 Å². The Bertz CT molecular complexity index is 375. The Balaban J connectivity index is 2.89. The number of hydrogen-bond acceptors (Lipinski definition) is 3. The van der Waals surface area contributed by atoms with Crippen molar-refractivity contribution >= 4 is 17.3 Å². The van der Waals surface area contributed by atoms with E-state index in [1.807, 2.05) is 25.9 Å². The molecule has 1 atom stereocenters. The molecule has 0 bridgehead atoms. The molecule has 4 nitrogen and oxygen atoms in total. The fraction of sp³-hybridized carbons (Fsp3) is 0.600. The van der Waals surface area contributed by atoms with Gasteiger partial charge in [0.15, 0.2) is 0 Å². The molecule has 1 aromatic heterocycles. The third kappa shape index (κ3) is 3.23. The fourth-order valence-electron chi connectivity index (χ4n) is 1.15. The number of rotatable bonds is 4. The second-order valence-electron chi connectivity index (χ2n) is 3.89. The lowest BCUT2D eigenvalue weighted by Crippen LogP contribution is -2.26. The summed E-state index contributed by atoms with van der Waals surface area (Å²) in [7, 11) is 3.75. The topological polar surface area (TPSA) is 38.1 Å². The van der Waals surface area contributed by atoms with Gasteiger partial charge in [0.2, 0.25) is 0 Å². The van der Waals surface area contributed by atoms with E-state index in [2.05, 4.69) is 5.10 Å². The molecule has 1 rings (SSSR count). The molecule has 0 aliphatic rings. The van der Waals surface area contributed by atoms with Gasteiger partial charge in [0.05, 0.1) is 11.9 Å². The summed E-state index contributed by atoms with van der Waals surface area (Å²) in [5.41, 5.74) is 0.730. The summed E-state index contributed by atoms with van der Waals surface area (Å²) < 4.78 is 1.44. The maximum Gasteiger partial charge on any atom is 0.268 e. The molecule has 0 aromatic carbocycles. The van der Waals surface area contributed by atoms with Crippen molar-refractivity contribution in [3.8, 4) is 0 Å². The molecule has 1 unspecified atom stereocenters. The van der Waals surface area contributed by atoms with Crippen LogP contribution in [0.5, 0.6) is 0 Å². The van der Waals surface area contributed by atoms with E-state index in [4.69, 9.17) is 11.6 Å². The van der Waals surface area contributed by atoms with E-state index in [0.717, 1.165) is 5.69 Å². The van der Waals surface area contributed by atoms with Gasteiger partial charge in [-0.3, -0.25) is 4.79 Å². The lowest BCUT2D eigenvalue weighted by Gasteiger charge is -2.13. The predicted molar refractivity (Wildman–Crippen MR) is 62.7 cm³/mol. The van der Waals surface area contributed by atoms with Gasteiger partial charge >= 0.3 is 0 Å². The van der Waals surface area contributed by atoms with Crippen LogP contribution in [0.2, 0.25) is 0 Å². The molecule has 0 saturated heterocycles. The highest BCUT2D eigenvalue weighted by Crippen LogP contribution is 2.05. The van der Waals surface area contributed by atoms with Crippen LogP contribution < -0.4 is 10.5 Å². The van der Waals surface area contributed by atoms with Gasteiger partial charge in [-0.05, 0) is 5.92 Å². The lowest BCUT2D eigenvalue weighted by atomic mass is 10.2. The smallest absolute Gasteiger partial charge is 0.268 e. The first-order chi connectivity index (χ1) is 7.04. The zero-order valence-corrected chi connectivity index (χ0v) is 10.0. The van der Waals surface area contributed by atoms with Crippen LogP contribution >= 0.6 is 11.6 Å². The van der Waals surface area contributed by atoms with Crippen molar-refractivity contribution < 1.29 is 0 Å². The molecule has 0 spiro atoms. The van der Waals surface area contributed by atoms with Crippen molar-refractivity contribution in [3.05, 3.63) is 22.6 Å². The second kappa shape index (κ2) is 5.16. The number of nitrogens with zero attached hydrogens (tertiary/aromatic N) is 3. The number of anilines is 1. The molecule has 0 aliphatic heterocycles. The maximum absolute atomic E-state index is 11.6. The SMILES string of the molecule is CC(CCl)Cn1ncc(N(C)C)cc1=O. The quantitative estimate of drug-likeness (QED) is 0.728. The highest BCUT2D eigenvalue weighted by atomic mass is 35.5. The molecule has 84 valence electrons. The maximum atomic E-state index is 11.6. The highest BCUT2D eigenvalue weighted by Gasteiger charge is 2.05. The second-order valence-corrected chi connectivity index (χ2v) is 4.20. The lowest BCUT2D eigenvalue weighted by molar-refractivity contribution is 0.467. The van der Waals surface area contributed by atoms with Gasteiger partial charge in [0, 0.05) is 32.6 Å². The van der Waals surface area contributed by atoms with Crippen molar-refractivity contribution in [1.29, 1.82) is 0 Å². The molecule has 1 aromatic rings. The Morgan fingerprint density at radius 2 is 2.27 bits per heavy atom. The van der Waals surface area contributed by atoms with E-state index in [0.29, 0.717) is 12.4 Å². The minimum absolute atomic E-state index is 0.0850. The number of alkyl halides is 1. The first-order valence-corrected chi connectivity index (χ1v) is 5.38. The summed E-state index contributed by atoms with van der Waals surface area (Å²) in [6, 6.07) is 1.58. The third-order valence-corrected chi connectivity index (χ3v) is 2.65. The van der Waals surface area contributed by atoms with Crippen LogP contribution in [0.1, 0.15) is 6.92 Å². The van der Waals surface area contributed by atoms with Crippen LogP contribution in [0, 0.1) is 5.92 Å². The molecule has 0 N–H and O–H groups in total. The van der Waals surface area contributed by atoms with Crippen LogP contribution in [0.4, 0.5) is 5.69 Å². The first kappa shape index (κ1) is 12.0. The molecule has 0 saturated carbocycles. The van der Waals surface area contributed by atoms with E-state index in [1.165, 1.54) is 4.68 Å². The van der Waals surface area contributed by atoms with E-state index in [-0.39, 0.29) is 11.5 Å². The molecular weight excluding hydrogens is 214 g/mol. The first-order valence-electron chi connectivity index (χ1n) is 4.85. The Hall–Kier alpha value is -1.03. The van der Waals surface area contributed by atoms with E-state index in [1.54, 1.807) is 12.3 Å². The Morgan fingerprint density at radius 1 is 1.60 bits per heavy atom. The molecule has 0 fully saturated rings. The molecule has 0 radical (unpaired) electrons. The summed E-state index contributed by atoms with van der Waals surface area (Å²) in [5, 5.41) is 4.09. The average Bonchev–Trinajstić information content (AvgIpc) is 2.20. The van der Waals surface area contributed by atoms with Crippen molar-refractivity contribution in [3.63, 3.8) is 0 Å². The molecule has 0 aliphatic carbocycles. The summed E-state index contributed by atoms with van der Waals surface area (Å²) in [6.07, 6.45) is 1.68. The predicted octanol–water partition coefficient (Wildman–Crippen LogP) is 1.18. The van der Waals surface area contributed by atoms with Crippen LogP contribution in [0.15, 0.2) is 17.1 Å². The molecular formula is C10H16ClN3O. The summed E-state index contributed by atoms with van der Waals surface area (Å²) in [6.45, 7) is 2.55. The Kier molecular flexibility index (Phi) is 4.15. The fourth-order valence-corrected chi connectivity index (χ4v) is 1.25. The van der Waals surface area contributed by atoms with Crippen molar-refractivity contribution in [2.75, 3.05) is 24.9 Å². The van der Waals surface area contributed by atoms with Crippen molar-refractivity contribution in [1.82, 2.24) is 9.78 Å². The zero-order valence-electron chi connectivity index (χ0n) is 9.27.